The van der Waals surface area contributed by atoms with Crippen LogP contribution in [0.5, 0.6) is 0 Å². The first-order chi connectivity index (χ1) is 22.3. The van der Waals surface area contributed by atoms with Gasteiger partial charge in [0.1, 0.15) is 0 Å². The first-order valence-electron chi connectivity index (χ1n) is 18.4. The summed E-state index contributed by atoms with van der Waals surface area (Å²) in [6, 6.07) is -0.445. The van der Waals surface area contributed by atoms with Crippen LogP contribution in [0.2, 0.25) is 0 Å². The Morgan fingerprint density at radius 2 is 0.652 bits per heavy atom. The summed E-state index contributed by atoms with van der Waals surface area (Å²) in [7, 11) is 0. The Morgan fingerprint density at radius 1 is 0.391 bits per heavy atom. The molecule has 5 aliphatic heterocycles. The van der Waals surface area contributed by atoms with Crippen molar-refractivity contribution in [2.45, 2.75) is 147 Å². The van der Waals surface area contributed by atoms with Gasteiger partial charge in [-0.05, 0) is 112 Å². The molecule has 5 saturated heterocycles. The van der Waals surface area contributed by atoms with E-state index in [-0.39, 0.29) is 60.2 Å². The second kappa shape index (κ2) is 12.9. The van der Waals surface area contributed by atoms with Crippen LogP contribution in [0.25, 0.3) is 0 Å². The number of rotatable bonds is 1. The minimum atomic E-state index is -0.445. The molecule has 0 radical (unpaired) electrons. The molecule has 0 aromatic heterocycles. The zero-order valence-corrected chi connectivity index (χ0v) is 31.2. The van der Waals surface area contributed by atoms with Crippen LogP contribution >= 0.6 is 47.8 Å². The van der Waals surface area contributed by atoms with E-state index in [2.05, 4.69) is 90.3 Å². The van der Waals surface area contributed by atoms with Crippen LogP contribution in [0, 0.1) is 57.5 Å². The molecule has 9 fully saturated rings. The molecule has 0 aromatic carbocycles. The molecule has 8 bridgehead atoms. The molecule has 9 aliphatic rings. The highest BCUT2D eigenvalue weighted by molar-refractivity contribution is 9.10. The van der Waals surface area contributed by atoms with Gasteiger partial charge in [-0.1, -0.05) is 47.8 Å². The Balaban J connectivity index is 1.06. The highest BCUT2D eigenvalue weighted by Gasteiger charge is 2.56. The van der Waals surface area contributed by atoms with Crippen molar-refractivity contribution < 1.29 is 4.92 Å². The molecule has 5 heterocycles. The van der Waals surface area contributed by atoms with E-state index in [1.807, 2.05) is 0 Å². The van der Waals surface area contributed by atoms with Crippen molar-refractivity contribution in [3.63, 3.8) is 0 Å². The van der Waals surface area contributed by atoms with Crippen LogP contribution in [0.1, 0.15) is 77.0 Å². The summed E-state index contributed by atoms with van der Waals surface area (Å²) in [6.07, 6.45) is 14.7. The molecule has 9 rings (SSSR count). The van der Waals surface area contributed by atoms with Gasteiger partial charge in [0, 0.05) is 32.2 Å². The molecule has 258 valence electrons. The first-order valence-corrected chi connectivity index (χ1v) is 21.2. The van der Waals surface area contributed by atoms with Crippen molar-refractivity contribution in [3.8, 4) is 0 Å². The van der Waals surface area contributed by atoms with Crippen molar-refractivity contribution in [3.05, 3.63) is 10.1 Å². The fourth-order valence-corrected chi connectivity index (χ4v) is 14.1. The maximum absolute atomic E-state index is 12.0. The number of alkyl halides is 3. The lowest BCUT2D eigenvalue weighted by Crippen LogP contribution is -2.61. The number of halogens is 3. The van der Waals surface area contributed by atoms with E-state index < -0.39 is 6.04 Å². The number of hydrogen-bond acceptors (Lipinski definition) is 10. The van der Waals surface area contributed by atoms with E-state index in [4.69, 9.17) is 0 Å². The average Bonchev–Trinajstić information content (AvgIpc) is 3.75. The van der Waals surface area contributed by atoms with Crippen LogP contribution in [-0.4, -0.2) is 74.8 Å². The summed E-state index contributed by atoms with van der Waals surface area (Å²) in [5.74, 6) is 3.97. The van der Waals surface area contributed by atoms with E-state index in [1.165, 1.54) is 51.4 Å². The maximum atomic E-state index is 12.0. The van der Waals surface area contributed by atoms with Crippen LogP contribution in [0.15, 0.2) is 0 Å². The smallest absolute Gasteiger partial charge is 0.213 e. The van der Waals surface area contributed by atoms with Crippen molar-refractivity contribution in [1.82, 2.24) is 42.5 Å². The van der Waals surface area contributed by atoms with Crippen molar-refractivity contribution in [1.29, 1.82) is 0 Å². The fraction of sp³-hybridized carbons (Fsp3) is 1.00. The van der Waals surface area contributed by atoms with Crippen LogP contribution in [0.3, 0.4) is 0 Å². The van der Waals surface area contributed by atoms with Crippen LogP contribution in [-0.2, 0) is 0 Å². The predicted octanol–water partition coefficient (Wildman–Crippen LogP) is 2.98. The third-order valence-electron chi connectivity index (χ3n) is 14.2. The molecule has 0 spiro atoms. The molecule has 8 N–H and O–H groups in total. The van der Waals surface area contributed by atoms with E-state index in [0.29, 0.717) is 68.7 Å². The largest absolute Gasteiger partial charge is 0.286 e. The third kappa shape index (κ3) is 5.81. The quantitative estimate of drug-likeness (QED) is 0.113. The van der Waals surface area contributed by atoms with Crippen LogP contribution in [0.4, 0.5) is 0 Å². The summed E-state index contributed by atoms with van der Waals surface area (Å²) in [5, 5.41) is 45.0. The third-order valence-corrected chi connectivity index (χ3v) is 16.7. The number of nitrogens with one attached hydrogen (secondary N) is 8. The van der Waals surface area contributed by atoms with Gasteiger partial charge < -0.3 is 0 Å². The Morgan fingerprint density at radius 3 is 0.957 bits per heavy atom. The topological polar surface area (TPSA) is 139 Å². The highest BCUT2D eigenvalue weighted by Crippen LogP contribution is 2.47. The molecular formula is C32H52Br3N9O2. The van der Waals surface area contributed by atoms with Gasteiger partial charge in [-0.15, -0.1) is 0 Å². The summed E-state index contributed by atoms with van der Waals surface area (Å²) in [4.78, 5) is 13.7. The lowest BCUT2D eigenvalue weighted by atomic mass is 9.75. The minimum absolute atomic E-state index is 0.0141. The van der Waals surface area contributed by atoms with E-state index in [9.17, 15) is 10.1 Å². The molecule has 4 aliphatic carbocycles. The lowest BCUT2D eigenvalue weighted by molar-refractivity contribution is -0.528. The standard InChI is InChI=1S/C32H52Br3N9O2/c33-13-1-5-17-21(9-13)29-37-25(17)36-26-18-6-2-15(35)11-23(18)31(38-26)43-32-24-12-16(44(45)46)4-8-20(24)28(42-32)41-30-22-10-14(34)3-7-19(22)27(39-29)40-30/h13-32,36-43H,1-12H2. The average molecular weight is 835 g/mol. The van der Waals surface area contributed by atoms with Gasteiger partial charge in [0.15, 0.2) is 0 Å². The summed E-state index contributed by atoms with van der Waals surface area (Å²) in [5.41, 5.74) is 0. The van der Waals surface area contributed by atoms with Gasteiger partial charge in [-0.3, -0.25) is 52.6 Å². The number of nitro groups is 1. The zero-order valence-electron chi connectivity index (χ0n) is 26.4. The van der Waals surface area contributed by atoms with Gasteiger partial charge in [0.2, 0.25) is 6.04 Å². The van der Waals surface area contributed by atoms with Crippen molar-refractivity contribution in [2.75, 3.05) is 0 Å². The number of nitrogens with zero attached hydrogens (tertiary/aromatic N) is 1. The van der Waals surface area contributed by atoms with Gasteiger partial charge >= 0.3 is 0 Å². The second-order valence-electron chi connectivity index (χ2n) is 16.4. The van der Waals surface area contributed by atoms with E-state index >= 15 is 0 Å². The van der Waals surface area contributed by atoms with E-state index in [0.717, 1.165) is 12.8 Å². The van der Waals surface area contributed by atoms with Gasteiger partial charge in [0.25, 0.3) is 0 Å². The van der Waals surface area contributed by atoms with Gasteiger partial charge in [-0.25, -0.2) is 0 Å². The molecule has 4 saturated carbocycles. The maximum Gasteiger partial charge on any atom is 0.213 e. The second-order valence-corrected chi connectivity index (χ2v) is 20.3. The Hall–Kier alpha value is 0.520. The predicted molar refractivity (Wildman–Crippen MR) is 188 cm³/mol. The molecule has 0 aromatic rings. The summed E-state index contributed by atoms with van der Waals surface area (Å²) < 4.78 is 0. The van der Waals surface area contributed by atoms with Crippen LogP contribution < -0.4 is 42.5 Å². The molecule has 11 nitrogen and oxygen atoms in total. The van der Waals surface area contributed by atoms with Gasteiger partial charge in [0.05, 0.1) is 49.3 Å². The summed E-state index contributed by atoms with van der Waals surface area (Å²) >= 11 is 12.0. The molecule has 14 heteroatoms. The lowest BCUT2D eigenvalue weighted by Gasteiger charge is -2.37. The Labute approximate surface area is 298 Å². The molecular weight excluding hydrogens is 782 g/mol. The molecule has 0 amide bonds. The zero-order chi connectivity index (χ0) is 31.3. The number of hydrogen-bond donors (Lipinski definition) is 8. The van der Waals surface area contributed by atoms with Crippen molar-refractivity contribution in [2.24, 2.45) is 47.3 Å². The Kier molecular flexibility index (Phi) is 9.12. The highest BCUT2D eigenvalue weighted by atomic mass is 79.9. The van der Waals surface area contributed by atoms with Gasteiger partial charge in [-0.2, -0.15) is 0 Å². The molecule has 20 unspecified atom stereocenters. The molecule has 46 heavy (non-hydrogen) atoms. The normalized spacial score (nSPS) is 58.1. The van der Waals surface area contributed by atoms with E-state index in [1.54, 1.807) is 0 Å². The number of fused-ring (bicyclic) bond motifs is 20. The first kappa shape index (κ1) is 32.4. The SMILES string of the molecule is O=[N+]([O-])C1CCC2C3NC4NC(NC5NC(NC6NC(NC(N3)C2C1)C1CC(Br)CCC61)C1CCC(Br)CC51)C1CCC(Br)CC41. The molecule has 20 atom stereocenters. The Bertz CT molecular complexity index is 1160. The minimum Gasteiger partial charge on any atom is -0.286 e. The summed E-state index contributed by atoms with van der Waals surface area (Å²) in [6.45, 7) is 0. The monoisotopic (exact) mass is 831 g/mol. The van der Waals surface area contributed by atoms with Crippen molar-refractivity contribution >= 4 is 47.8 Å². The fourth-order valence-electron chi connectivity index (χ4n) is 12.0.